The van der Waals surface area contributed by atoms with E-state index in [0.717, 1.165) is 45.9 Å². The van der Waals surface area contributed by atoms with Crippen molar-refractivity contribution < 1.29 is 4.74 Å². The molecular weight excluding hydrogens is 190 g/mol. The third-order valence-corrected chi connectivity index (χ3v) is 3.00. The average molecular weight is 215 g/mol. The Balaban J connectivity index is 2.08. The Hall–Kier alpha value is -0.160. The quantitative estimate of drug-likeness (QED) is 0.649. The first-order valence-electron chi connectivity index (χ1n) is 5.97. The molecule has 1 heterocycles. The van der Waals surface area contributed by atoms with Gasteiger partial charge in [0.1, 0.15) is 0 Å². The third kappa shape index (κ3) is 4.93. The SMILES string of the molecule is CC(C)C(CN)NCCN1CCOCC1. The lowest BCUT2D eigenvalue weighted by Crippen LogP contribution is -2.45. The monoisotopic (exact) mass is 215 g/mol. The molecule has 0 amide bonds. The maximum Gasteiger partial charge on any atom is 0.0594 e. The van der Waals surface area contributed by atoms with Crippen LogP contribution in [-0.4, -0.2) is 56.9 Å². The normalized spacial score (nSPS) is 20.8. The van der Waals surface area contributed by atoms with Gasteiger partial charge in [0.2, 0.25) is 0 Å². The highest BCUT2D eigenvalue weighted by Gasteiger charge is 2.12. The van der Waals surface area contributed by atoms with E-state index in [2.05, 4.69) is 24.1 Å². The van der Waals surface area contributed by atoms with Gasteiger partial charge in [0.05, 0.1) is 13.2 Å². The average Bonchev–Trinajstić information content (AvgIpc) is 2.25. The summed E-state index contributed by atoms with van der Waals surface area (Å²) in [5, 5.41) is 3.51. The van der Waals surface area contributed by atoms with E-state index in [1.54, 1.807) is 0 Å². The summed E-state index contributed by atoms with van der Waals surface area (Å²) < 4.78 is 5.30. The Morgan fingerprint density at radius 1 is 1.33 bits per heavy atom. The third-order valence-electron chi connectivity index (χ3n) is 3.00. The fraction of sp³-hybridized carbons (Fsp3) is 1.00. The Morgan fingerprint density at radius 3 is 2.53 bits per heavy atom. The molecule has 0 spiro atoms. The zero-order valence-corrected chi connectivity index (χ0v) is 10.0. The molecule has 0 aromatic heterocycles. The van der Waals surface area contributed by atoms with Crippen molar-refractivity contribution in [2.24, 2.45) is 11.7 Å². The molecule has 1 aliphatic rings. The van der Waals surface area contributed by atoms with Gasteiger partial charge in [-0.05, 0) is 5.92 Å². The number of hydrogen-bond donors (Lipinski definition) is 2. The number of nitrogens with zero attached hydrogens (tertiary/aromatic N) is 1. The number of rotatable bonds is 6. The van der Waals surface area contributed by atoms with E-state index in [-0.39, 0.29) is 0 Å². The van der Waals surface area contributed by atoms with Crippen LogP contribution in [0.5, 0.6) is 0 Å². The second-order valence-corrected chi connectivity index (χ2v) is 4.49. The van der Waals surface area contributed by atoms with Crippen LogP contribution in [0.25, 0.3) is 0 Å². The molecule has 4 nitrogen and oxygen atoms in total. The van der Waals surface area contributed by atoms with Crippen LogP contribution >= 0.6 is 0 Å². The van der Waals surface area contributed by atoms with E-state index in [4.69, 9.17) is 10.5 Å². The molecule has 1 saturated heterocycles. The summed E-state index contributed by atoms with van der Waals surface area (Å²) in [5.74, 6) is 0.611. The van der Waals surface area contributed by atoms with Crippen molar-refractivity contribution in [2.45, 2.75) is 19.9 Å². The van der Waals surface area contributed by atoms with E-state index >= 15 is 0 Å². The highest BCUT2D eigenvalue weighted by molar-refractivity contribution is 4.72. The first-order valence-corrected chi connectivity index (χ1v) is 5.97. The Morgan fingerprint density at radius 2 is 2.00 bits per heavy atom. The van der Waals surface area contributed by atoms with Crippen molar-refractivity contribution in [3.05, 3.63) is 0 Å². The summed E-state index contributed by atoms with van der Waals surface area (Å²) in [4.78, 5) is 2.43. The largest absolute Gasteiger partial charge is 0.379 e. The maximum absolute atomic E-state index is 5.70. The summed E-state index contributed by atoms with van der Waals surface area (Å²) in [6, 6.07) is 0.450. The number of morpholine rings is 1. The predicted molar refractivity (Wildman–Crippen MR) is 62.9 cm³/mol. The van der Waals surface area contributed by atoms with Gasteiger partial charge in [-0.1, -0.05) is 13.8 Å². The molecule has 1 atom stereocenters. The molecule has 1 rings (SSSR count). The highest BCUT2D eigenvalue weighted by Crippen LogP contribution is 1.99. The highest BCUT2D eigenvalue weighted by atomic mass is 16.5. The van der Waals surface area contributed by atoms with E-state index in [1.165, 1.54) is 0 Å². The maximum atomic E-state index is 5.70. The summed E-state index contributed by atoms with van der Waals surface area (Å²) in [6.07, 6.45) is 0. The van der Waals surface area contributed by atoms with Gasteiger partial charge in [0.15, 0.2) is 0 Å². The Labute approximate surface area is 93.1 Å². The minimum Gasteiger partial charge on any atom is -0.379 e. The van der Waals surface area contributed by atoms with Crippen LogP contribution in [0.2, 0.25) is 0 Å². The van der Waals surface area contributed by atoms with E-state index < -0.39 is 0 Å². The predicted octanol–water partition coefficient (Wildman–Crippen LogP) is -0.108. The topological polar surface area (TPSA) is 50.5 Å². The summed E-state index contributed by atoms with van der Waals surface area (Å²) >= 11 is 0. The smallest absolute Gasteiger partial charge is 0.0594 e. The molecule has 0 radical (unpaired) electrons. The zero-order valence-electron chi connectivity index (χ0n) is 10.0. The zero-order chi connectivity index (χ0) is 11.1. The van der Waals surface area contributed by atoms with Gasteiger partial charge in [-0.2, -0.15) is 0 Å². The van der Waals surface area contributed by atoms with Crippen LogP contribution in [0.4, 0.5) is 0 Å². The van der Waals surface area contributed by atoms with Gasteiger partial charge < -0.3 is 15.8 Å². The van der Waals surface area contributed by atoms with E-state index in [0.29, 0.717) is 12.0 Å². The van der Waals surface area contributed by atoms with Crippen molar-refractivity contribution >= 4 is 0 Å². The Kier molecular flexibility index (Phi) is 6.17. The van der Waals surface area contributed by atoms with E-state index in [9.17, 15) is 0 Å². The van der Waals surface area contributed by atoms with Crippen LogP contribution in [0.1, 0.15) is 13.8 Å². The fourth-order valence-corrected chi connectivity index (χ4v) is 1.82. The molecule has 1 aliphatic heterocycles. The van der Waals surface area contributed by atoms with Gasteiger partial charge in [-0.15, -0.1) is 0 Å². The molecule has 3 N–H and O–H groups in total. The lowest BCUT2D eigenvalue weighted by Gasteiger charge is -2.28. The minimum absolute atomic E-state index is 0.450. The molecule has 1 unspecified atom stereocenters. The van der Waals surface area contributed by atoms with Crippen molar-refractivity contribution in [2.75, 3.05) is 45.9 Å². The lowest BCUT2D eigenvalue weighted by molar-refractivity contribution is 0.0380. The number of nitrogens with two attached hydrogens (primary N) is 1. The van der Waals surface area contributed by atoms with Crippen molar-refractivity contribution in [1.82, 2.24) is 10.2 Å². The van der Waals surface area contributed by atoms with Gasteiger partial charge in [-0.3, -0.25) is 4.90 Å². The molecule has 15 heavy (non-hydrogen) atoms. The van der Waals surface area contributed by atoms with Crippen LogP contribution in [0, 0.1) is 5.92 Å². The molecule has 1 fully saturated rings. The molecule has 90 valence electrons. The number of nitrogens with one attached hydrogen (secondary N) is 1. The van der Waals surface area contributed by atoms with Crippen LogP contribution in [0.3, 0.4) is 0 Å². The molecule has 0 aliphatic carbocycles. The summed E-state index contributed by atoms with van der Waals surface area (Å²) in [7, 11) is 0. The van der Waals surface area contributed by atoms with Gasteiger partial charge in [-0.25, -0.2) is 0 Å². The summed E-state index contributed by atoms with van der Waals surface area (Å²) in [6.45, 7) is 11.2. The standard InChI is InChI=1S/C11H25N3O/c1-10(2)11(9-12)13-3-4-14-5-7-15-8-6-14/h10-11,13H,3-9,12H2,1-2H3. The van der Waals surface area contributed by atoms with E-state index in [1.807, 2.05) is 0 Å². The molecule has 0 aromatic rings. The molecule has 0 aromatic carbocycles. The van der Waals surface area contributed by atoms with Gasteiger partial charge >= 0.3 is 0 Å². The molecule has 0 bridgehead atoms. The van der Waals surface area contributed by atoms with Crippen molar-refractivity contribution in [3.63, 3.8) is 0 Å². The van der Waals surface area contributed by atoms with Crippen LogP contribution in [-0.2, 0) is 4.74 Å². The number of ether oxygens (including phenoxy) is 1. The molecular formula is C11H25N3O. The second-order valence-electron chi connectivity index (χ2n) is 4.49. The lowest BCUT2D eigenvalue weighted by atomic mass is 10.1. The molecule has 4 heteroatoms. The second kappa shape index (κ2) is 7.17. The first kappa shape index (κ1) is 12.9. The first-order chi connectivity index (χ1) is 7.24. The van der Waals surface area contributed by atoms with Gasteiger partial charge in [0, 0.05) is 38.8 Å². The fourth-order valence-electron chi connectivity index (χ4n) is 1.82. The van der Waals surface area contributed by atoms with Gasteiger partial charge in [0.25, 0.3) is 0 Å². The van der Waals surface area contributed by atoms with Crippen molar-refractivity contribution in [3.8, 4) is 0 Å². The Bertz CT molecular complexity index is 158. The number of hydrogen-bond acceptors (Lipinski definition) is 4. The minimum atomic E-state index is 0.450. The molecule has 0 saturated carbocycles. The van der Waals surface area contributed by atoms with Crippen LogP contribution in [0.15, 0.2) is 0 Å². The van der Waals surface area contributed by atoms with Crippen molar-refractivity contribution in [1.29, 1.82) is 0 Å². The summed E-state index contributed by atoms with van der Waals surface area (Å²) in [5.41, 5.74) is 5.70. The van der Waals surface area contributed by atoms with Crippen LogP contribution < -0.4 is 11.1 Å².